The lowest BCUT2D eigenvalue weighted by atomic mass is 10.0. The fourth-order valence-corrected chi connectivity index (χ4v) is 7.66. The van der Waals surface area contributed by atoms with Crippen LogP contribution in [-0.2, 0) is 19.5 Å². The van der Waals surface area contributed by atoms with E-state index in [1.165, 1.54) is 50.5 Å². The first-order valence-electron chi connectivity index (χ1n) is 18.4. The molecule has 0 saturated heterocycles. The Balaban J connectivity index is 0.914. The third kappa shape index (κ3) is 13.9. The number of hydrogen-bond acceptors (Lipinski definition) is 4. The first-order chi connectivity index (χ1) is 25.5. The highest BCUT2D eigenvalue weighted by Crippen LogP contribution is 2.21. The van der Waals surface area contributed by atoms with Gasteiger partial charge in [0.25, 0.3) is 0 Å². The van der Waals surface area contributed by atoms with Gasteiger partial charge in [-0.25, -0.2) is 0 Å². The van der Waals surface area contributed by atoms with Crippen molar-refractivity contribution in [3.05, 3.63) is 184 Å². The molecular weight excluding hydrogens is 673 g/mol. The van der Waals surface area contributed by atoms with Gasteiger partial charge < -0.3 is 16.0 Å². The van der Waals surface area contributed by atoms with E-state index in [0.29, 0.717) is 0 Å². The summed E-state index contributed by atoms with van der Waals surface area (Å²) >= 11 is 0. The van der Waals surface area contributed by atoms with Crippen LogP contribution in [0.4, 0.5) is 11.4 Å². The Morgan fingerprint density at radius 1 is 0.692 bits per heavy atom. The molecule has 0 amide bonds. The first-order valence-corrected chi connectivity index (χ1v) is 20.9. The first kappa shape index (κ1) is 38.7. The van der Waals surface area contributed by atoms with Gasteiger partial charge in [-0.15, -0.1) is 0 Å². The maximum absolute atomic E-state index is 3.58. The Morgan fingerprint density at radius 3 is 1.90 bits per heavy atom. The SMILES string of the molecule is CC=C(C=C(C)[NH2+]Cc1ccccc1)CCc1ccc(NCCSSCCNc2ccc(C=Cc3cc[n+](Cc4ccccc4)c(C)c3)cc2)cc1. The summed E-state index contributed by atoms with van der Waals surface area (Å²) in [6.45, 7) is 10.3. The van der Waals surface area contributed by atoms with Gasteiger partial charge in [-0.3, -0.25) is 0 Å². The zero-order valence-corrected chi connectivity index (χ0v) is 32.6. The molecular formula is C46H54N4S2+2. The van der Waals surface area contributed by atoms with Crippen LogP contribution < -0.4 is 20.5 Å². The van der Waals surface area contributed by atoms with Gasteiger partial charge in [0, 0.05) is 73.1 Å². The average molecular weight is 727 g/mol. The summed E-state index contributed by atoms with van der Waals surface area (Å²) in [5.41, 5.74) is 12.8. The quantitative estimate of drug-likeness (QED) is 0.0324. The standard InChI is InChI=1S/C46H52N4S2/c1-4-39(33-37(2)49-35-43-11-7-5-8-12-43)15-16-40-19-23-45(24-20-40)47-28-31-51-52-32-29-48-46-25-21-41(22-26-46)17-18-42-27-30-50(38(3)34-42)36-44-13-9-6-10-14-44/h4-14,17-27,30,33-34,47,49H,15-16,28-29,31-32,35-36H2,1-3H3/p+2. The molecule has 1 aromatic heterocycles. The highest BCUT2D eigenvalue weighted by Gasteiger charge is 2.07. The highest BCUT2D eigenvalue weighted by atomic mass is 33.1. The monoisotopic (exact) mass is 726 g/mol. The third-order valence-electron chi connectivity index (χ3n) is 8.91. The molecule has 52 heavy (non-hydrogen) atoms. The van der Waals surface area contributed by atoms with Crippen LogP contribution in [-0.4, -0.2) is 24.6 Å². The van der Waals surface area contributed by atoms with Gasteiger partial charge >= 0.3 is 0 Å². The number of aryl methyl sites for hydroxylation is 2. The molecule has 268 valence electrons. The van der Waals surface area contributed by atoms with E-state index in [4.69, 9.17) is 0 Å². The largest absolute Gasteiger partial charge is 0.384 e. The summed E-state index contributed by atoms with van der Waals surface area (Å²) < 4.78 is 2.29. The predicted octanol–water partition coefficient (Wildman–Crippen LogP) is 9.95. The number of pyridine rings is 1. The number of nitrogens with zero attached hydrogens (tertiary/aromatic N) is 1. The van der Waals surface area contributed by atoms with Crippen LogP contribution >= 0.6 is 21.6 Å². The predicted molar refractivity (Wildman–Crippen MR) is 229 cm³/mol. The molecule has 0 bridgehead atoms. The maximum Gasteiger partial charge on any atom is 0.179 e. The van der Waals surface area contributed by atoms with Crippen LogP contribution in [0.25, 0.3) is 12.2 Å². The van der Waals surface area contributed by atoms with Crippen molar-refractivity contribution in [1.29, 1.82) is 0 Å². The molecule has 0 fully saturated rings. The van der Waals surface area contributed by atoms with Crippen LogP contribution in [0.5, 0.6) is 0 Å². The van der Waals surface area contributed by atoms with Crippen LogP contribution in [0.3, 0.4) is 0 Å². The molecule has 0 aliphatic rings. The van der Waals surface area contributed by atoms with Crippen molar-refractivity contribution in [3.8, 4) is 0 Å². The van der Waals surface area contributed by atoms with Gasteiger partial charge in [0.2, 0.25) is 0 Å². The van der Waals surface area contributed by atoms with Crippen molar-refractivity contribution in [3.63, 3.8) is 0 Å². The Morgan fingerprint density at radius 2 is 1.29 bits per heavy atom. The molecule has 6 heteroatoms. The molecule has 0 aliphatic heterocycles. The van der Waals surface area contributed by atoms with Crippen LogP contribution in [0.1, 0.15) is 53.8 Å². The summed E-state index contributed by atoms with van der Waals surface area (Å²) in [5.74, 6) is 2.13. The smallest absolute Gasteiger partial charge is 0.179 e. The zero-order valence-electron chi connectivity index (χ0n) is 30.9. The number of benzene rings is 4. The fourth-order valence-electron chi connectivity index (χ4n) is 5.85. The molecule has 0 atom stereocenters. The zero-order chi connectivity index (χ0) is 36.2. The summed E-state index contributed by atoms with van der Waals surface area (Å²) in [7, 11) is 3.86. The van der Waals surface area contributed by atoms with Crippen molar-refractivity contribution in [1.82, 2.24) is 0 Å². The lowest BCUT2D eigenvalue weighted by Crippen LogP contribution is -2.79. The van der Waals surface area contributed by atoms with E-state index in [9.17, 15) is 0 Å². The van der Waals surface area contributed by atoms with Crippen LogP contribution in [0.2, 0.25) is 0 Å². The minimum atomic E-state index is 0.891. The highest BCUT2D eigenvalue weighted by molar-refractivity contribution is 8.76. The number of quaternary nitrogens is 1. The second-order valence-corrected chi connectivity index (χ2v) is 15.7. The molecule has 0 unspecified atom stereocenters. The molecule has 5 aromatic rings. The molecule has 0 aliphatic carbocycles. The Kier molecular flexibility index (Phi) is 16.2. The second-order valence-electron chi connectivity index (χ2n) is 13.0. The van der Waals surface area contributed by atoms with Gasteiger partial charge in [-0.2, -0.15) is 4.57 Å². The van der Waals surface area contributed by atoms with E-state index in [2.05, 4.69) is 193 Å². The summed E-state index contributed by atoms with van der Waals surface area (Å²) in [6.07, 6.45) is 13.2. The molecule has 4 nitrogen and oxygen atoms in total. The summed E-state index contributed by atoms with van der Waals surface area (Å²) in [5, 5.41) is 9.45. The molecule has 0 spiro atoms. The molecule has 4 N–H and O–H groups in total. The molecule has 1 heterocycles. The van der Waals surface area contributed by atoms with Gasteiger partial charge in [0.15, 0.2) is 18.4 Å². The van der Waals surface area contributed by atoms with Crippen molar-refractivity contribution < 1.29 is 9.88 Å². The van der Waals surface area contributed by atoms with E-state index in [1.807, 2.05) is 21.6 Å². The number of anilines is 2. The van der Waals surface area contributed by atoms with E-state index >= 15 is 0 Å². The second kappa shape index (κ2) is 21.8. The Hall–Kier alpha value is -4.49. The summed E-state index contributed by atoms with van der Waals surface area (Å²) in [6, 6.07) is 43.3. The van der Waals surface area contributed by atoms with E-state index in [0.717, 1.165) is 56.2 Å². The van der Waals surface area contributed by atoms with Gasteiger partial charge in [0.1, 0.15) is 12.2 Å². The number of aromatic nitrogens is 1. The van der Waals surface area contributed by atoms with Gasteiger partial charge in [-0.05, 0) is 72.4 Å². The number of rotatable bonds is 20. The van der Waals surface area contributed by atoms with E-state index in [1.54, 1.807) is 0 Å². The third-order valence-corrected chi connectivity index (χ3v) is 11.3. The van der Waals surface area contributed by atoms with Gasteiger partial charge in [0.05, 0.1) is 0 Å². The fraction of sp³-hybridized carbons (Fsp3) is 0.239. The number of allylic oxidation sites excluding steroid dienone is 4. The lowest BCUT2D eigenvalue weighted by Gasteiger charge is -2.09. The minimum absolute atomic E-state index is 0.891. The van der Waals surface area contributed by atoms with Crippen molar-refractivity contribution in [2.75, 3.05) is 35.2 Å². The van der Waals surface area contributed by atoms with E-state index < -0.39 is 0 Å². The topological polar surface area (TPSA) is 44.6 Å². The normalized spacial score (nSPS) is 12.0. The lowest BCUT2D eigenvalue weighted by molar-refractivity contribution is -0.694. The average Bonchev–Trinajstić information content (AvgIpc) is 3.18. The van der Waals surface area contributed by atoms with Gasteiger partial charge in [-0.1, -0.05) is 125 Å². The van der Waals surface area contributed by atoms with Crippen molar-refractivity contribution in [2.24, 2.45) is 0 Å². The maximum atomic E-state index is 3.58. The van der Waals surface area contributed by atoms with Crippen LogP contribution in [0, 0.1) is 6.92 Å². The Labute approximate surface area is 320 Å². The van der Waals surface area contributed by atoms with Crippen LogP contribution in [0.15, 0.2) is 151 Å². The molecule has 5 rings (SSSR count). The Bertz CT molecular complexity index is 1870. The molecule has 0 saturated carbocycles. The van der Waals surface area contributed by atoms with Crippen molar-refractivity contribution >= 4 is 45.1 Å². The minimum Gasteiger partial charge on any atom is -0.384 e. The molecule has 0 radical (unpaired) electrons. The number of nitrogens with two attached hydrogens (primary N) is 1. The number of nitrogens with one attached hydrogen (secondary N) is 2. The summed E-state index contributed by atoms with van der Waals surface area (Å²) in [4.78, 5) is 0. The van der Waals surface area contributed by atoms with E-state index in [-0.39, 0.29) is 0 Å². The molecule has 4 aromatic carbocycles. The van der Waals surface area contributed by atoms with Crippen molar-refractivity contribution in [2.45, 2.75) is 46.7 Å². The number of hydrogen-bond donors (Lipinski definition) is 3.